The number of carboxylic acids is 1. The van der Waals surface area contributed by atoms with Crippen molar-refractivity contribution in [1.82, 2.24) is 9.88 Å². The Morgan fingerprint density at radius 1 is 1.30 bits per heavy atom. The van der Waals surface area contributed by atoms with Crippen molar-refractivity contribution in [2.24, 2.45) is 0 Å². The van der Waals surface area contributed by atoms with Gasteiger partial charge in [-0.15, -0.1) is 11.3 Å². The zero-order valence-corrected chi connectivity index (χ0v) is 21.3. The SMILES string of the molecule is O=C(O)[C@H](Cc1cc(-c2ccc(Cl)s2)on1)NS(=O)(=O)c1cccc(N2CCCCC2=O)c1OC(F)F. The molecular weight excluding hydrogens is 556 g/mol. The summed E-state index contributed by atoms with van der Waals surface area (Å²) in [5.41, 5.74) is -0.0122. The van der Waals surface area contributed by atoms with Crippen molar-refractivity contribution in [3.05, 3.63) is 46.4 Å². The largest absolute Gasteiger partial charge is 0.480 e. The molecule has 1 aromatic carbocycles. The number of nitrogens with zero attached hydrogens (tertiary/aromatic N) is 2. The van der Waals surface area contributed by atoms with Crippen molar-refractivity contribution in [3.8, 4) is 16.4 Å². The van der Waals surface area contributed by atoms with Gasteiger partial charge in [0.2, 0.25) is 15.9 Å². The topological polar surface area (TPSA) is 139 Å². The minimum Gasteiger partial charge on any atom is -0.480 e. The molecule has 1 saturated heterocycles. The van der Waals surface area contributed by atoms with E-state index in [4.69, 9.17) is 16.1 Å². The summed E-state index contributed by atoms with van der Waals surface area (Å²) in [6.45, 7) is -3.21. The standard InChI is InChI=1S/C22H20ClF2N3O7S2/c23-18-8-7-16(36-18)15-11-12(26-35-15)10-13(21(30)31)27-37(32,33)17-5-3-4-14(20(17)34-22(24)25)28-9-2-1-6-19(28)29/h3-5,7-8,11,13,22,27H,1-2,6,9-10H2,(H,30,31)/t13-/m0/s1. The Labute approximate surface area is 218 Å². The lowest BCUT2D eigenvalue weighted by atomic mass is 10.1. The van der Waals surface area contributed by atoms with Gasteiger partial charge in [-0.3, -0.25) is 9.59 Å². The maximum absolute atomic E-state index is 13.3. The number of rotatable bonds is 10. The van der Waals surface area contributed by atoms with Gasteiger partial charge in [0.1, 0.15) is 10.9 Å². The van der Waals surface area contributed by atoms with Gasteiger partial charge in [-0.05, 0) is 37.1 Å². The molecule has 3 aromatic rings. The molecule has 4 rings (SSSR count). The Kier molecular flexibility index (Phi) is 8.11. The fraction of sp³-hybridized carbons (Fsp3) is 0.318. The molecule has 3 heterocycles. The minimum atomic E-state index is -4.72. The number of carbonyl (C=O) groups is 2. The van der Waals surface area contributed by atoms with Crippen molar-refractivity contribution in [3.63, 3.8) is 0 Å². The Balaban J connectivity index is 1.63. The van der Waals surface area contributed by atoms with Crippen LogP contribution in [0.4, 0.5) is 14.5 Å². The second-order valence-electron chi connectivity index (χ2n) is 7.99. The number of sulfonamides is 1. The number of amides is 1. The Hall–Kier alpha value is -3.07. The number of alkyl halides is 2. The molecule has 0 bridgehead atoms. The van der Waals surface area contributed by atoms with E-state index in [1.165, 1.54) is 34.4 Å². The molecule has 0 unspecified atom stereocenters. The summed E-state index contributed by atoms with van der Waals surface area (Å²) in [4.78, 5) is 25.4. The van der Waals surface area contributed by atoms with Crippen LogP contribution in [0.5, 0.6) is 5.75 Å². The van der Waals surface area contributed by atoms with Gasteiger partial charge in [-0.1, -0.05) is 22.8 Å². The highest BCUT2D eigenvalue weighted by Crippen LogP contribution is 2.38. The Morgan fingerprint density at radius 3 is 2.73 bits per heavy atom. The molecule has 0 spiro atoms. The van der Waals surface area contributed by atoms with Gasteiger partial charge in [-0.25, -0.2) is 8.42 Å². The number of benzene rings is 1. The molecule has 2 N–H and O–H groups in total. The van der Waals surface area contributed by atoms with E-state index in [9.17, 15) is 31.9 Å². The van der Waals surface area contributed by atoms with Crippen LogP contribution in [0, 0.1) is 0 Å². The number of piperidine rings is 1. The van der Waals surface area contributed by atoms with Gasteiger partial charge in [0.25, 0.3) is 0 Å². The van der Waals surface area contributed by atoms with Crippen LogP contribution in [-0.4, -0.2) is 49.8 Å². The molecule has 10 nitrogen and oxygen atoms in total. The maximum atomic E-state index is 13.3. The molecule has 37 heavy (non-hydrogen) atoms. The quantitative estimate of drug-likeness (QED) is 0.367. The van der Waals surface area contributed by atoms with Crippen LogP contribution < -0.4 is 14.4 Å². The van der Waals surface area contributed by atoms with Gasteiger partial charge >= 0.3 is 12.6 Å². The summed E-state index contributed by atoms with van der Waals surface area (Å²) in [7, 11) is -4.72. The third kappa shape index (κ3) is 6.26. The molecule has 0 radical (unpaired) electrons. The van der Waals surface area contributed by atoms with Gasteiger partial charge in [0.15, 0.2) is 11.5 Å². The average molecular weight is 576 g/mol. The van der Waals surface area contributed by atoms with Crippen LogP contribution in [0.25, 0.3) is 10.6 Å². The number of anilines is 1. The van der Waals surface area contributed by atoms with E-state index in [1.807, 2.05) is 4.72 Å². The molecule has 2 aromatic heterocycles. The molecule has 1 fully saturated rings. The van der Waals surface area contributed by atoms with Crippen molar-refractivity contribution < 1.29 is 41.2 Å². The van der Waals surface area contributed by atoms with E-state index in [0.717, 1.165) is 6.07 Å². The number of hydrogen-bond acceptors (Lipinski definition) is 8. The van der Waals surface area contributed by atoms with Crippen molar-refractivity contribution in [1.29, 1.82) is 0 Å². The molecule has 0 saturated carbocycles. The third-order valence-electron chi connectivity index (χ3n) is 5.45. The summed E-state index contributed by atoms with van der Waals surface area (Å²) in [6.07, 6.45) is 0.964. The van der Waals surface area contributed by atoms with Crippen LogP contribution in [0.2, 0.25) is 4.34 Å². The van der Waals surface area contributed by atoms with Gasteiger partial charge < -0.3 is 19.3 Å². The first-order chi connectivity index (χ1) is 17.5. The second-order valence-corrected chi connectivity index (χ2v) is 11.4. The molecule has 1 aliphatic rings. The summed E-state index contributed by atoms with van der Waals surface area (Å²) in [5, 5.41) is 13.5. The van der Waals surface area contributed by atoms with E-state index in [1.54, 1.807) is 12.1 Å². The van der Waals surface area contributed by atoms with Crippen molar-refractivity contribution in [2.45, 2.75) is 43.2 Å². The van der Waals surface area contributed by atoms with Crippen LogP contribution >= 0.6 is 22.9 Å². The lowest BCUT2D eigenvalue weighted by Crippen LogP contribution is -2.42. The number of aromatic nitrogens is 1. The smallest absolute Gasteiger partial charge is 0.387 e. The molecule has 1 amide bonds. The first-order valence-corrected chi connectivity index (χ1v) is 13.6. The molecule has 0 aliphatic carbocycles. The summed E-state index contributed by atoms with van der Waals surface area (Å²) in [6, 6.07) is 6.58. The van der Waals surface area contributed by atoms with E-state index in [-0.39, 0.29) is 30.3 Å². The predicted octanol–water partition coefficient (Wildman–Crippen LogP) is 4.15. The Morgan fingerprint density at radius 2 is 2.08 bits per heavy atom. The zero-order chi connectivity index (χ0) is 26.7. The Bertz CT molecular complexity index is 1410. The van der Waals surface area contributed by atoms with E-state index in [0.29, 0.717) is 27.8 Å². The van der Waals surface area contributed by atoms with Gasteiger partial charge in [0, 0.05) is 25.5 Å². The highest BCUT2D eigenvalue weighted by molar-refractivity contribution is 7.89. The third-order valence-corrected chi connectivity index (χ3v) is 8.19. The van der Waals surface area contributed by atoms with Crippen molar-refractivity contribution >= 4 is 50.5 Å². The van der Waals surface area contributed by atoms with E-state index in [2.05, 4.69) is 9.89 Å². The highest BCUT2D eigenvalue weighted by atomic mass is 35.5. The number of thiophene rings is 1. The number of hydrogen-bond donors (Lipinski definition) is 2. The summed E-state index contributed by atoms with van der Waals surface area (Å²) in [5.74, 6) is -2.34. The number of halogens is 3. The van der Waals surface area contributed by atoms with E-state index < -0.39 is 45.7 Å². The lowest BCUT2D eigenvalue weighted by molar-refractivity contribution is -0.139. The van der Waals surface area contributed by atoms with E-state index >= 15 is 0 Å². The van der Waals surface area contributed by atoms with Crippen molar-refractivity contribution in [2.75, 3.05) is 11.4 Å². The number of carbonyl (C=O) groups excluding carboxylic acids is 1. The zero-order valence-electron chi connectivity index (χ0n) is 18.9. The number of aliphatic carboxylic acids is 1. The first-order valence-electron chi connectivity index (χ1n) is 10.9. The molecule has 1 aliphatic heterocycles. The number of nitrogens with one attached hydrogen (secondary N) is 1. The van der Waals surface area contributed by atoms with Gasteiger partial charge in [0.05, 0.1) is 20.6 Å². The maximum Gasteiger partial charge on any atom is 0.387 e. The number of carboxylic acid groups (broad SMARTS) is 1. The lowest BCUT2D eigenvalue weighted by Gasteiger charge is -2.29. The normalized spacial score (nSPS) is 15.2. The minimum absolute atomic E-state index is 0.131. The fourth-order valence-corrected chi connectivity index (χ4v) is 6.14. The second kappa shape index (κ2) is 11.1. The average Bonchev–Trinajstić information content (AvgIpc) is 3.47. The highest BCUT2D eigenvalue weighted by Gasteiger charge is 2.33. The molecule has 1 atom stereocenters. The molecule has 15 heteroatoms. The van der Waals surface area contributed by atoms with Crippen LogP contribution in [0.3, 0.4) is 0 Å². The van der Waals surface area contributed by atoms with Crippen LogP contribution in [0.15, 0.2) is 45.8 Å². The fourth-order valence-electron chi connectivity index (χ4n) is 3.81. The number of ether oxygens (including phenoxy) is 1. The molecule has 198 valence electrons. The predicted molar refractivity (Wildman–Crippen MR) is 130 cm³/mol. The summed E-state index contributed by atoms with van der Waals surface area (Å²) >= 11 is 7.12. The van der Waals surface area contributed by atoms with Crippen LogP contribution in [0.1, 0.15) is 25.0 Å². The monoisotopic (exact) mass is 575 g/mol. The number of para-hydroxylation sites is 1. The molecular formula is C22H20ClF2N3O7S2. The first kappa shape index (κ1) is 27.0. The van der Waals surface area contributed by atoms with Gasteiger partial charge in [-0.2, -0.15) is 13.5 Å². The van der Waals surface area contributed by atoms with Crippen LogP contribution in [-0.2, 0) is 26.0 Å². The summed E-state index contributed by atoms with van der Waals surface area (Å²) < 4.78 is 65.3.